The van der Waals surface area contributed by atoms with Crippen molar-refractivity contribution < 1.29 is 37.9 Å². The Labute approximate surface area is 436 Å². The third-order valence-electron chi connectivity index (χ3n) is 14.5. The van der Waals surface area contributed by atoms with Crippen LogP contribution in [0.4, 0.5) is 27.0 Å². The molecule has 3 unspecified atom stereocenters. The van der Waals surface area contributed by atoms with E-state index in [0.717, 1.165) is 53.3 Å². The van der Waals surface area contributed by atoms with Crippen LogP contribution >= 0.6 is 0 Å². The molecule has 1 saturated heterocycles. The van der Waals surface area contributed by atoms with Gasteiger partial charge in [-0.05, 0) is 109 Å². The summed E-state index contributed by atoms with van der Waals surface area (Å²) in [5.74, 6) is -0.999. The van der Waals surface area contributed by atoms with Gasteiger partial charge in [0.2, 0.25) is 23.7 Å². The summed E-state index contributed by atoms with van der Waals surface area (Å²) in [5, 5.41) is 15.7. The smallest absolute Gasteiger partial charge is 0.414 e. The molecule has 7 rings (SSSR count). The highest BCUT2D eigenvalue weighted by Crippen LogP contribution is 2.44. The zero-order chi connectivity index (χ0) is 53.2. The summed E-state index contributed by atoms with van der Waals surface area (Å²) in [6.45, 7) is 19.6. The molecular formula is C57H74N8O8Si. The number of rotatable bonds is 21. The molecule has 0 bridgehead atoms. The van der Waals surface area contributed by atoms with Crippen molar-refractivity contribution in [3.05, 3.63) is 114 Å². The number of alkyl carbamates (subject to hydrolysis) is 1. The molecule has 5 N–H and O–H groups in total. The second-order valence-electron chi connectivity index (χ2n) is 21.3. The highest BCUT2D eigenvalue weighted by Gasteiger charge is 2.39. The van der Waals surface area contributed by atoms with Gasteiger partial charge in [0.1, 0.15) is 37.2 Å². The fourth-order valence-electron chi connectivity index (χ4n) is 9.24. The van der Waals surface area contributed by atoms with Gasteiger partial charge in [0.05, 0.1) is 5.52 Å². The Morgan fingerprint density at radius 1 is 0.784 bits per heavy atom. The maximum absolute atomic E-state index is 13.8. The fourth-order valence-corrected chi connectivity index (χ4v) is 10.3. The minimum absolute atomic E-state index is 0.0623. The fraction of sp³-hybridized carbons (Fsp3) is 0.456. The molecule has 1 aliphatic carbocycles. The number of nitrogens with zero attached hydrogens (tertiary/aromatic N) is 3. The van der Waals surface area contributed by atoms with Crippen molar-refractivity contribution in [3.8, 4) is 11.1 Å². The zero-order valence-electron chi connectivity index (χ0n) is 44.4. The van der Waals surface area contributed by atoms with E-state index in [0.29, 0.717) is 48.6 Å². The van der Waals surface area contributed by atoms with Crippen LogP contribution in [0.3, 0.4) is 0 Å². The maximum atomic E-state index is 13.8. The SMILES string of the molecule is CCCCC(CCO[Si](C)(C)C(C)(C)C)Nc1nc(NC(=O)OCc2ccc(NC(=O)C(NC(=O)[C@@H]3CCCN3C(=O)C(C)NC(=O)OCC3c4ccccc4-c4ccccc43)C(C)C)cc2)nc2ccccc12. The molecule has 394 valence electrons. The second kappa shape index (κ2) is 24.5. The van der Waals surface area contributed by atoms with E-state index >= 15 is 0 Å². The van der Waals surface area contributed by atoms with Gasteiger partial charge < -0.3 is 40.1 Å². The minimum Gasteiger partial charge on any atom is -0.449 e. The van der Waals surface area contributed by atoms with Gasteiger partial charge in [-0.1, -0.05) is 127 Å². The Hall–Kier alpha value is -6.85. The van der Waals surface area contributed by atoms with Gasteiger partial charge >= 0.3 is 12.2 Å². The summed E-state index contributed by atoms with van der Waals surface area (Å²) in [5.41, 5.74) is 6.19. The van der Waals surface area contributed by atoms with Crippen molar-refractivity contribution >= 4 is 66.6 Å². The number of anilines is 3. The predicted octanol–water partition coefficient (Wildman–Crippen LogP) is 10.8. The Balaban J connectivity index is 0.884. The van der Waals surface area contributed by atoms with Crippen LogP contribution in [0, 0.1) is 5.92 Å². The van der Waals surface area contributed by atoms with Crippen LogP contribution in [-0.2, 0) is 34.9 Å². The maximum Gasteiger partial charge on any atom is 0.414 e. The van der Waals surface area contributed by atoms with E-state index in [1.165, 1.54) is 4.90 Å². The lowest BCUT2D eigenvalue weighted by atomic mass is 9.98. The van der Waals surface area contributed by atoms with Crippen molar-refractivity contribution in [2.24, 2.45) is 5.92 Å². The van der Waals surface area contributed by atoms with Crippen LogP contribution in [-0.4, -0.2) is 97.0 Å². The number of unbranched alkanes of at least 4 members (excludes halogenated alkanes) is 1. The molecular weight excluding hydrogens is 953 g/mol. The molecule has 0 saturated carbocycles. The number of aromatic nitrogens is 2. The van der Waals surface area contributed by atoms with Gasteiger partial charge in [-0.15, -0.1) is 0 Å². The lowest BCUT2D eigenvalue weighted by Crippen LogP contribution is -2.56. The molecule has 74 heavy (non-hydrogen) atoms. The monoisotopic (exact) mass is 1030 g/mol. The first kappa shape index (κ1) is 54.9. The first-order valence-electron chi connectivity index (χ1n) is 26.1. The Morgan fingerprint density at radius 3 is 2.11 bits per heavy atom. The van der Waals surface area contributed by atoms with E-state index in [4.69, 9.17) is 18.9 Å². The van der Waals surface area contributed by atoms with Crippen LogP contribution in [0.1, 0.15) is 110 Å². The minimum atomic E-state index is -1.91. The summed E-state index contributed by atoms with van der Waals surface area (Å²) in [4.78, 5) is 78.1. The Morgan fingerprint density at radius 2 is 1.45 bits per heavy atom. The largest absolute Gasteiger partial charge is 0.449 e. The number of para-hydroxylation sites is 1. The van der Waals surface area contributed by atoms with E-state index in [1.807, 2.05) is 74.5 Å². The summed E-state index contributed by atoms with van der Waals surface area (Å²) >= 11 is 0. The molecule has 2 heterocycles. The number of fused-ring (bicyclic) bond motifs is 4. The standard InChI is InChI=1S/C57H74N8O8Si/c1-10-11-19-39(31-33-73-74(8,9)57(5,6)7)59-50-45-24-16-17-25-47(45)61-54(63-50)64-56(70)71-34-38-27-29-40(30-28-38)60-52(67)49(36(2)3)62-51(66)48-26-18-32-65(48)53(68)37(4)58-55(69)72-35-46-43-22-14-12-20-41(43)42-21-13-15-23-44(42)46/h12-17,20-25,27-30,36-37,39,46,48-49H,10-11,18-19,26,31-35H2,1-9H3,(H,58,69)(H,60,67)(H,62,66)(H2,59,61,63,64,70)/t37?,39?,48-,49?/m0/s1. The number of carbonyl (C=O) groups is 5. The number of hydrogen-bond donors (Lipinski definition) is 5. The molecule has 17 heteroatoms. The van der Waals surface area contributed by atoms with Crippen molar-refractivity contribution in [3.63, 3.8) is 0 Å². The summed E-state index contributed by atoms with van der Waals surface area (Å²) < 4.78 is 17.8. The molecule has 1 aliphatic heterocycles. The molecule has 16 nitrogen and oxygen atoms in total. The number of ether oxygens (including phenoxy) is 2. The van der Waals surface area contributed by atoms with Crippen LogP contribution in [0.15, 0.2) is 97.1 Å². The topological polar surface area (TPSA) is 202 Å². The highest BCUT2D eigenvalue weighted by atomic mass is 28.4. The van der Waals surface area contributed by atoms with Crippen LogP contribution in [0.2, 0.25) is 18.1 Å². The van der Waals surface area contributed by atoms with Crippen molar-refractivity contribution in [2.75, 3.05) is 35.7 Å². The normalized spacial score (nSPS) is 15.6. The second-order valence-corrected chi connectivity index (χ2v) is 26.1. The molecule has 1 fully saturated rings. The van der Waals surface area contributed by atoms with Crippen LogP contribution in [0.25, 0.3) is 22.0 Å². The average molecular weight is 1030 g/mol. The average Bonchev–Trinajstić information content (AvgIpc) is 3.99. The molecule has 0 radical (unpaired) electrons. The molecule has 2 aliphatic rings. The molecule has 5 aromatic rings. The summed E-state index contributed by atoms with van der Waals surface area (Å²) in [7, 11) is -1.91. The van der Waals surface area contributed by atoms with Gasteiger partial charge in [0.25, 0.3) is 0 Å². The van der Waals surface area contributed by atoms with Crippen LogP contribution in [0.5, 0.6) is 0 Å². The van der Waals surface area contributed by atoms with Gasteiger partial charge in [-0.3, -0.25) is 19.7 Å². The number of amides is 5. The van der Waals surface area contributed by atoms with Gasteiger partial charge in [0.15, 0.2) is 8.32 Å². The van der Waals surface area contributed by atoms with Crippen LogP contribution < -0.4 is 26.6 Å². The number of likely N-dealkylation sites (tertiary alicyclic amines) is 1. The zero-order valence-corrected chi connectivity index (χ0v) is 45.4. The number of hydrogen-bond acceptors (Lipinski definition) is 11. The van der Waals surface area contributed by atoms with E-state index in [2.05, 4.69) is 84.5 Å². The third kappa shape index (κ3) is 13.6. The van der Waals surface area contributed by atoms with Gasteiger partial charge in [-0.25, -0.2) is 14.6 Å². The molecule has 1 aromatic heterocycles. The summed E-state index contributed by atoms with van der Waals surface area (Å²) in [6.07, 6.45) is 3.39. The van der Waals surface area contributed by atoms with E-state index in [9.17, 15) is 24.0 Å². The number of benzene rings is 4. The lowest BCUT2D eigenvalue weighted by Gasteiger charge is -2.36. The first-order valence-corrected chi connectivity index (χ1v) is 29.0. The Kier molecular flexibility index (Phi) is 18.1. The number of carbonyl (C=O) groups excluding carboxylic acids is 5. The Bertz CT molecular complexity index is 2740. The third-order valence-corrected chi connectivity index (χ3v) is 19.1. The highest BCUT2D eigenvalue weighted by molar-refractivity contribution is 6.74. The van der Waals surface area contributed by atoms with Crippen molar-refractivity contribution in [1.29, 1.82) is 0 Å². The van der Waals surface area contributed by atoms with Crippen molar-refractivity contribution in [1.82, 2.24) is 25.5 Å². The van der Waals surface area contributed by atoms with E-state index < -0.39 is 56.4 Å². The first-order chi connectivity index (χ1) is 35.3. The van der Waals surface area contributed by atoms with Gasteiger partial charge in [-0.2, -0.15) is 4.98 Å². The number of nitrogens with one attached hydrogen (secondary N) is 5. The van der Waals surface area contributed by atoms with Gasteiger partial charge in [0, 0.05) is 36.2 Å². The van der Waals surface area contributed by atoms with Crippen molar-refractivity contribution in [2.45, 2.75) is 142 Å². The van der Waals surface area contributed by atoms with E-state index in [1.54, 1.807) is 31.2 Å². The summed E-state index contributed by atoms with van der Waals surface area (Å²) in [6, 6.07) is 28.0. The molecule has 4 aromatic carbocycles. The molecule has 5 amide bonds. The lowest BCUT2D eigenvalue weighted by molar-refractivity contribution is -0.140. The predicted molar refractivity (Wildman–Crippen MR) is 292 cm³/mol. The molecule has 0 spiro atoms. The van der Waals surface area contributed by atoms with E-state index in [-0.39, 0.29) is 42.1 Å². The quantitative estimate of drug-likeness (QED) is 0.0438. The molecule has 4 atom stereocenters.